The molecular formula is C22H14N2. The molecule has 0 bridgehead atoms. The van der Waals surface area contributed by atoms with Gasteiger partial charge in [-0.3, -0.25) is 0 Å². The summed E-state index contributed by atoms with van der Waals surface area (Å²) in [5.74, 6) is 0. The number of benzene rings is 3. The molecule has 0 aliphatic heterocycles. The van der Waals surface area contributed by atoms with E-state index in [9.17, 15) is 10.5 Å². The molecule has 0 saturated heterocycles. The Hall–Kier alpha value is -3.62. The molecule has 0 aromatic heterocycles. The van der Waals surface area contributed by atoms with Gasteiger partial charge in [-0.1, -0.05) is 84.9 Å². The second-order valence-electron chi connectivity index (χ2n) is 5.28. The highest BCUT2D eigenvalue weighted by molar-refractivity contribution is 5.87. The van der Waals surface area contributed by atoms with Crippen molar-refractivity contribution < 1.29 is 0 Å². The summed E-state index contributed by atoms with van der Waals surface area (Å²) in [7, 11) is 0. The van der Waals surface area contributed by atoms with Gasteiger partial charge in [0.15, 0.2) is 0 Å². The van der Waals surface area contributed by atoms with Gasteiger partial charge in [-0.2, -0.15) is 10.5 Å². The van der Waals surface area contributed by atoms with Gasteiger partial charge in [0, 0.05) is 5.57 Å². The summed E-state index contributed by atoms with van der Waals surface area (Å²) >= 11 is 0. The fourth-order valence-corrected chi connectivity index (χ4v) is 2.66. The summed E-state index contributed by atoms with van der Waals surface area (Å²) in [6.07, 6.45) is 0. The number of allylic oxidation sites excluding steroid dienone is 1. The third kappa shape index (κ3) is 3.09. The number of nitrogens with zero attached hydrogens (tertiary/aromatic N) is 2. The van der Waals surface area contributed by atoms with Crippen LogP contribution in [0.15, 0.2) is 90.5 Å². The molecule has 0 fully saturated rings. The molecule has 3 aromatic rings. The predicted molar refractivity (Wildman–Crippen MR) is 95.6 cm³/mol. The van der Waals surface area contributed by atoms with Crippen LogP contribution in [-0.4, -0.2) is 0 Å². The molecule has 112 valence electrons. The molecular weight excluding hydrogens is 292 g/mol. The lowest BCUT2D eigenvalue weighted by Gasteiger charge is -2.10. The fraction of sp³-hybridized carbons (Fsp3) is 0. The van der Waals surface area contributed by atoms with E-state index >= 15 is 0 Å². The zero-order valence-electron chi connectivity index (χ0n) is 13.0. The van der Waals surface area contributed by atoms with Crippen LogP contribution in [0.4, 0.5) is 0 Å². The second kappa shape index (κ2) is 7.09. The quantitative estimate of drug-likeness (QED) is 0.624. The summed E-state index contributed by atoms with van der Waals surface area (Å²) in [5.41, 5.74) is 4.74. The molecule has 0 heterocycles. The maximum Gasteiger partial charge on any atom is 0.138 e. The van der Waals surface area contributed by atoms with Crippen LogP contribution in [0.5, 0.6) is 0 Å². The molecule has 2 heteroatoms. The monoisotopic (exact) mass is 306 g/mol. The van der Waals surface area contributed by atoms with Gasteiger partial charge in [0.25, 0.3) is 0 Å². The number of nitriles is 2. The van der Waals surface area contributed by atoms with E-state index in [4.69, 9.17) is 0 Å². The lowest BCUT2D eigenvalue weighted by atomic mass is 9.92. The lowest BCUT2D eigenvalue weighted by Crippen LogP contribution is -1.92. The van der Waals surface area contributed by atoms with Crippen LogP contribution in [0.25, 0.3) is 16.7 Å². The molecule has 2 nitrogen and oxygen atoms in total. The average molecular weight is 306 g/mol. The van der Waals surface area contributed by atoms with Gasteiger partial charge in [-0.25, -0.2) is 0 Å². The van der Waals surface area contributed by atoms with Gasteiger partial charge >= 0.3 is 0 Å². The first-order valence-electron chi connectivity index (χ1n) is 7.59. The normalized spacial score (nSPS) is 9.58. The van der Waals surface area contributed by atoms with Crippen LogP contribution in [-0.2, 0) is 0 Å². The van der Waals surface area contributed by atoms with Crippen LogP contribution < -0.4 is 0 Å². The lowest BCUT2D eigenvalue weighted by molar-refractivity contribution is 1.44. The van der Waals surface area contributed by atoms with Crippen molar-refractivity contribution in [1.82, 2.24) is 0 Å². The Kier molecular flexibility index (Phi) is 4.52. The molecule has 0 atom stereocenters. The van der Waals surface area contributed by atoms with Gasteiger partial charge < -0.3 is 0 Å². The van der Waals surface area contributed by atoms with Gasteiger partial charge in [0.05, 0.1) is 0 Å². The minimum atomic E-state index is 0.119. The topological polar surface area (TPSA) is 47.6 Å². The van der Waals surface area contributed by atoms with E-state index in [1.54, 1.807) is 0 Å². The van der Waals surface area contributed by atoms with E-state index in [0.29, 0.717) is 5.57 Å². The molecule has 0 unspecified atom stereocenters. The van der Waals surface area contributed by atoms with Crippen molar-refractivity contribution in [3.05, 3.63) is 102 Å². The third-order valence-electron chi connectivity index (χ3n) is 3.82. The first-order valence-corrected chi connectivity index (χ1v) is 7.59. The zero-order valence-corrected chi connectivity index (χ0v) is 13.0. The van der Waals surface area contributed by atoms with Crippen molar-refractivity contribution in [3.63, 3.8) is 0 Å². The molecule has 3 rings (SSSR count). The molecule has 0 N–H and O–H groups in total. The Bertz CT molecular complexity index is 923. The van der Waals surface area contributed by atoms with Crippen LogP contribution in [0, 0.1) is 22.7 Å². The van der Waals surface area contributed by atoms with Gasteiger partial charge in [-0.05, 0) is 22.3 Å². The smallest absolute Gasteiger partial charge is 0.138 e. The predicted octanol–water partition coefficient (Wildman–Crippen LogP) is 5.20. The Balaban J connectivity index is 2.09. The van der Waals surface area contributed by atoms with Crippen molar-refractivity contribution >= 4 is 5.57 Å². The van der Waals surface area contributed by atoms with Crippen LogP contribution in [0.1, 0.15) is 11.1 Å². The van der Waals surface area contributed by atoms with Crippen molar-refractivity contribution in [1.29, 1.82) is 10.5 Å². The zero-order chi connectivity index (χ0) is 16.8. The van der Waals surface area contributed by atoms with Gasteiger partial charge in [-0.15, -0.1) is 0 Å². The highest BCUT2D eigenvalue weighted by Crippen LogP contribution is 2.29. The van der Waals surface area contributed by atoms with E-state index in [0.717, 1.165) is 22.3 Å². The van der Waals surface area contributed by atoms with Crippen LogP contribution in [0.2, 0.25) is 0 Å². The molecule has 0 aliphatic rings. The largest absolute Gasteiger partial charge is 0.192 e. The second-order valence-corrected chi connectivity index (χ2v) is 5.28. The van der Waals surface area contributed by atoms with E-state index in [2.05, 4.69) is 12.1 Å². The SMILES string of the molecule is N#CC(C#N)=C(c1ccccc1)c1ccc(-c2ccccc2)cc1. The molecule has 0 spiro atoms. The third-order valence-corrected chi connectivity index (χ3v) is 3.82. The van der Waals surface area contributed by atoms with Crippen molar-refractivity contribution in [3.8, 4) is 23.3 Å². The van der Waals surface area contributed by atoms with Crippen LogP contribution in [0.3, 0.4) is 0 Å². The molecule has 3 aromatic carbocycles. The maximum absolute atomic E-state index is 9.32. The van der Waals surface area contributed by atoms with Crippen molar-refractivity contribution in [2.24, 2.45) is 0 Å². The van der Waals surface area contributed by atoms with Crippen LogP contribution >= 0.6 is 0 Å². The van der Waals surface area contributed by atoms with E-state index in [1.807, 2.05) is 84.9 Å². The maximum atomic E-state index is 9.32. The van der Waals surface area contributed by atoms with E-state index < -0.39 is 0 Å². The molecule has 0 saturated carbocycles. The van der Waals surface area contributed by atoms with Crippen molar-refractivity contribution in [2.75, 3.05) is 0 Å². The standard InChI is InChI=1S/C22H14N2/c23-15-21(16-24)22(19-9-5-2-6-10-19)20-13-11-18(12-14-20)17-7-3-1-4-8-17/h1-14H. The Morgan fingerprint density at radius 3 is 1.54 bits per heavy atom. The van der Waals surface area contributed by atoms with Gasteiger partial charge in [0.1, 0.15) is 17.7 Å². The molecule has 24 heavy (non-hydrogen) atoms. The highest BCUT2D eigenvalue weighted by Gasteiger charge is 2.12. The summed E-state index contributed by atoms with van der Waals surface area (Å²) in [6, 6.07) is 31.6. The number of hydrogen-bond donors (Lipinski definition) is 0. The molecule has 0 radical (unpaired) electrons. The Labute approximate surface area is 141 Å². The average Bonchev–Trinajstić information content (AvgIpc) is 2.67. The summed E-state index contributed by atoms with van der Waals surface area (Å²) in [4.78, 5) is 0. The number of hydrogen-bond acceptors (Lipinski definition) is 2. The first kappa shape index (κ1) is 15.3. The summed E-state index contributed by atoms with van der Waals surface area (Å²) < 4.78 is 0. The minimum absolute atomic E-state index is 0.119. The Morgan fingerprint density at radius 1 is 0.542 bits per heavy atom. The summed E-state index contributed by atoms with van der Waals surface area (Å²) in [5, 5.41) is 18.6. The molecule has 0 amide bonds. The fourth-order valence-electron chi connectivity index (χ4n) is 2.66. The van der Waals surface area contributed by atoms with Gasteiger partial charge in [0.2, 0.25) is 0 Å². The number of rotatable bonds is 3. The van der Waals surface area contributed by atoms with E-state index in [-0.39, 0.29) is 5.57 Å². The summed E-state index contributed by atoms with van der Waals surface area (Å²) in [6.45, 7) is 0. The minimum Gasteiger partial charge on any atom is -0.192 e. The first-order chi connectivity index (χ1) is 11.8. The highest BCUT2D eigenvalue weighted by atomic mass is 14.3. The Morgan fingerprint density at radius 2 is 1.00 bits per heavy atom. The van der Waals surface area contributed by atoms with E-state index in [1.165, 1.54) is 0 Å². The molecule has 0 aliphatic carbocycles. The van der Waals surface area contributed by atoms with Crippen molar-refractivity contribution in [2.45, 2.75) is 0 Å².